The number of benzene rings is 1. The van der Waals surface area contributed by atoms with Crippen LogP contribution in [0.15, 0.2) is 23.6 Å². The highest BCUT2D eigenvalue weighted by Gasteiger charge is 2.09. The third-order valence-corrected chi connectivity index (χ3v) is 5.12. The molecule has 2 amide bonds. The third-order valence-electron chi connectivity index (χ3n) is 3.57. The SMILES string of the molecule is CN(C)CCN(C)Cc1csc(NC(=O)NCc2ccc(Cl)c(Cl)c2)n1.Cl.Cl. The molecular weight excluding hydrogens is 464 g/mol. The standard InChI is InChI=1S/C17H23Cl2N5OS.2ClH/c1-23(2)6-7-24(3)10-13-11-26-17(21-13)22-16(25)20-9-12-4-5-14(18)15(19)8-12;;/h4-5,8,11H,6-7,9-10H2,1-3H3,(H2,20,21,22,25);2*1H. The Bertz CT molecular complexity index is 744. The summed E-state index contributed by atoms with van der Waals surface area (Å²) < 4.78 is 0. The number of likely N-dealkylation sites (N-methyl/N-ethyl adjacent to an activating group) is 2. The van der Waals surface area contributed by atoms with E-state index in [1.165, 1.54) is 11.3 Å². The van der Waals surface area contributed by atoms with E-state index in [-0.39, 0.29) is 30.8 Å². The van der Waals surface area contributed by atoms with E-state index in [4.69, 9.17) is 23.2 Å². The third kappa shape index (κ3) is 9.60. The molecule has 1 aromatic carbocycles. The van der Waals surface area contributed by atoms with Crippen molar-refractivity contribution in [3.05, 3.63) is 44.9 Å². The molecule has 2 N–H and O–H groups in total. The van der Waals surface area contributed by atoms with Crippen molar-refractivity contribution in [2.24, 2.45) is 0 Å². The lowest BCUT2D eigenvalue weighted by molar-refractivity contribution is 0.251. The average molecular weight is 489 g/mol. The van der Waals surface area contributed by atoms with Gasteiger partial charge in [0.25, 0.3) is 0 Å². The van der Waals surface area contributed by atoms with Crippen molar-refractivity contribution in [1.29, 1.82) is 0 Å². The van der Waals surface area contributed by atoms with Gasteiger partial charge in [0.15, 0.2) is 5.13 Å². The molecule has 0 radical (unpaired) electrons. The number of carbonyl (C=O) groups is 1. The van der Waals surface area contributed by atoms with Crippen LogP contribution in [0.1, 0.15) is 11.3 Å². The lowest BCUT2D eigenvalue weighted by Gasteiger charge is -2.18. The molecular formula is C17H25Cl4N5OS. The number of anilines is 1. The monoisotopic (exact) mass is 487 g/mol. The van der Waals surface area contributed by atoms with Gasteiger partial charge in [0, 0.05) is 31.6 Å². The molecule has 0 aliphatic carbocycles. The van der Waals surface area contributed by atoms with Gasteiger partial charge in [-0.15, -0.1) is 36.2 Å². The van der Waals surface area contributed by atoms with Crippen molar-refractivity contribution in [3.63, 3.8) is 0 Å². The fourth-order valence-electron chi connectivity index (χ4n) is 2.14. The number of halogens is 4. The van der Waals surface area contributed by atoms with Crippen LogP contribution in [0.25, 0.3) is 0 Å². The number of nitrogens with one attached hydrogen (secondary N) is 2. The number of urea groups is 1. The van der Waals surface area contributed by atoms with Crippen molar-refractivity contribution in [2.75, 3.05) is 39.5 Å². The first-order chi connectivity index (χ1) is 12.3. The van der Waals surface area contributed by atoms with E-state index < -0.39 is 0 Å². The van der Waals surface area contributed by atoms with Crippen LogP contribution in [0.5, 0.6) is 0 Å². The predicted molar refractivity (Wildman–Crippen MR) is 124 cm³/mol. The molecule has 0 atom stereocenters. The number of carbonyl (C=O) groups excluding carboxylic acids is 1. The van der Waals surface area contributed by atoms with Crippen LogP contribution in [0, 0.1) is 0 Å². The van der Waals surface area contributed by atoms with Crippen LogP contribution in [-0.4, -0.2) is 55.0 Å². The van der Waals surface area contributed by atoms with Crippen LogP contribution in [0.4, 0.5) is 9.93 Å². The number of hydrogen-bond donors (Lipinski definition) is 2. The molecule has 0 unspecified atom stereocenters. The van der Waals surface area contributed by atoms with Gasteiger partial charge in [-0.25, -0.2) is 9.78 Å². The molecule has 0 saturated heterocycles. The summed E-state index contributed by atoms with van der Waals surface area (Å²) in [6.07, 6.45) is 0. The second-order valence-electron chi connectivity index (χ2n) is 6.24. The quantitative estimate of drug-likeness (QED) is 0.569. The van der Waals surface area contributed by atoms with Crippen molar-refractivity contribution in [2.45, 2.75) is 13.1 Å². The zero-order valence-electron chi connectivity index (χ0n) is 15.9. The van der Waals surface area contributed by atoms with E-state index in [2.05, 4.69) is 46.6 Å². The van der Waals surface area contributed by atoms with Gasteiger partial charge >= 0.3 is 6.03 Å². The normalized spacial score (nSPS) is 10.4. The second-order valence-corrected chi connectivity index (χ2v) is 7.91. The number of nitrogens with zero attached hydrogens (tertiary/aromatic N) is 3. The molecule has 0 fully saturated rings. The zero-order chi connectivity index (χ0) is 19.1. The van der Waals surface area contributed by atoms with Gasteiger partial charge in [-0.2, -0.15) is 0 Å². The first-order valence-electron chi connectivity index (χ1n) is 8.10. The van der Waals surface area contributed by atoms with E-state index in [0.29, 0.717) is 21.7 Å². The van der Waals surface area contributed by atoms with E-state index in [1.54, 1.807) is 12.1 Å². The maximum absolute atomic E-state index is 12.0. The van der Waals surface area contributed by atoms with Crippen molar-refractivity contribution >= 4 is 70.5 Å². The Labute approximate surface area is 192 Å². The minimum absolute atomic E-state index is 0. The van der Waals surface area contributed by atoms with Gasteiger partial charge < -0.3 is 10.2 Å². The minimum atomic E-state index is -0.307. The highest BCUT2D eigenvalue weighted by Crippen LogP contribution is 2.22. The molecule has 2 rings (SSSR count). The molecule has 6 nitrogen and oxygen atoms in total. The molecule has 0 aliphatic heterocycles. The zero-order valence-corrected chi connectivity index (χ0v) is 19.8. The van der Waals surface area contributed by atoms with Crippen LogP contribution >= 0.6 is 59.4 Å². The molecule has 2 aromatic rings. The number of rotatable bonds is 8. The number of thiazole rings is 1. The lowest BCUT2D eigenvalue weighted by atomic mass is 10.2. The second kappa shape index (κ2) is 13.4. The fourth-order valence-corrected chi connectivity index (χ4v) is 3.15. The van der Waals surface area contributed by atoms with Gasteiger partial charge in [-0.3, -0.25) is 10.2 Å². The van der Waals surface area contributed by atoms with E-state index in [9.17, 15) is 4.79 Å². The van der Waals surface area contributed by atoms with E-state index in [0.717, 1.165) is 30.9 Å². The molecule has 1 heterocycles. The Morgan fingerprint density at radius 1 is 1.14 bits per heavy atom. The maximum atomic E-state index is 12.0. The van der Waals surface area contributed by atoms with Crippen LogP contribution in [0.2, 0.25) is 10.0 Å². The number of hydrogen-bond acceptors (Lipinski definition) is 5. The van der Waals surface area contributed by atoms with Crippen molar-refractivity contribution < 1.29 is 4.79 Å². The summed E-state index contributed by atoms with van der Waals surface area (Å²) in [5.74, 6) is 0. The highest BCUT2D eigenvalue weighted by molar-refractivity contribution is 7.13. The van der Waals surface area contributed by atoms with Gasteiger partial charge in [0.1, 0.15) is 0 Å². The average Bonchev–Trinajstić information content (AvgIpc) is 3.01. The van der Waals surface area contributed by atoms with Gasteiger partial charge in [-0.1, -0.05) is 29.3 Å². The van der Waals surface area contributed by atoms with Crippen LogP contribution < -0.4 is 10.6 Å². The smallest absolute Gasteiger partial charge is 0.321 e. The Kier molecular flexibility index (Phi) is 13.0. The summed E-state index contributed by atoms with van der Waals surface area (Å²) in [5.41, 5.74) is 1.81. The molecule has 0 spiro atoms. The van der Waals surface area contributed by atoms with E-state index >= 15 is 0 Å². The summed E-state index contributed by atoms with van der Waals surface area (Å²) in [6.45, 7) is 3.05. The van der Waals surface area contributed by atoms with E-state index in [1.807, 2.05) is 11.4 Å². The lowest BCUT2D eigenvalue weighted by Crippen LogP contribution is -2.29. The minimum Gasteiger partial charge on any atom is -0.334 e. The predicted octanol–water partition coefficient (Wildman–Crippen LogP) is 4.61. The maximum Gasteiger partial charge on any atom is 0.321 e. The first kappa shape index (κ1) is 27.2. The van der Waals surface area contributed by atoms with Gasteiger partial charge in [0.2, 0.25) is 0 Å². The summed E-state index contributed by atoms with van der Waals surface area (Å²) in [4.78, 5) is 20.8. The molecule has 0 aliphatic rings. The summed E-state index contributed by atoms with van der Waals surface area (Å²) in [7, 11) is 6.16. The molecule has 0 saturated carbocycles. The molecule has 1 aromatic heterocycles. The fraction of sp³-hybridized carbons (Fsp3) is 0.412. The van der Waals surface area contributed by atoms with Crippen LogP contribution in [0.3, 0.4) is 0 Å². The number of amides is 2. The molecule has 158 valence electrons. The summed E-state index contributed by atoms with van der Waals surface area (Å²) in [6, 6.07) is 4.95. The highest BCUT2D eigenvalue weighted by atomic mass is 35.5. The van der Waals surface area contributed by atoms with Gasteiger partial charge in [0.05, 0.1) is 15.7 Å². The Morgan fingerprint density at radius 3 is 2.50 bits per heavy atom. The topological polar surface area (TPSA) is 60.5 Å². The Hall–Kier alpha value is -0.800. The summed E-state index contributed by atoms with van der Waals surface area (Å²) >= 11 is 13.3. The van der Waals surface area contributed by atoms with Crippen LogP contribution in [-0.2, 0) is 13.1 Å². The largest absolute Gasteiger partial charge is 0.334 e. The van der Waals surface area contributed by atoms with Crippen molar-refractivity contribution in [1.82, 2.24) is 20.1 Å². The Morgan fingerprint density at radius 2 is 1.86 bits per heavy atom. The summed E-state index contributed by atoms with van der Waals surface area (Å²) in [5, 5.41) is 9.02. The Balaban J connectivity index is 0.00000364. The molecule has 28 heavy (non-hydrogen) atoms. The van der Waals surface area contributed by atoms with Crippen molar-refractivity contribution in [3.8, 4) is 0 Å². The molecule has 0 bridgehead atoms. The van der Waals surface area contributed by atoms with Gasteiger partial charge in [-0.05, 0) is 38.8 Å². The first-order valence-corrected chi connectivity index (χ1v) is 9.73. The molecule has 11 heteroatoms. The number of aromatic nitrogens is 1.